The van der Waals surface area contributed by atoms with Gasteiger partial charge in [-0.05, 0) is 36.2 Å². The van der Waals surface area contributed by atoms with E-state index in [1.165, 1.54) is 0 Å². The molecule has 0 fully saturated rings. The van der Waals surface area contributed by atoms with Crippen LogP contribution in [0.1, 0.15) is 52.7 Å². The van der Waals surface area contributed by atoms with Crippen LogP contribution in [0.25, 0.3) is 0 Å². The van der Waals surface area contributed by atoms with E-state index in [2.05, 4.69) is 39.9 Å². The Bertz CT molecular complexity index is 450. The van der Waals surface area contributed by atoms with Gasteiger partial charge in [-0.3, -0.25) is 0 Å². The average Bonchev–Trinajstić information content (AvgIpc) is 2.34. The second-order valence-corrected chi connectivity index (χ2v) is 9.50. The third-order valence-electron chi connectivity index (χ3n) is 3.35. The van der Waals surface area contributed by atoms with E-state index in [-0.39, 0.29) is 11.5 Å². The summed E-state index contributed by atoms with van der Waals surface area (Å²) in [6.45, 7) is 14.5. The number of hydrogen-bond acceptors (Lipinski definition) is 3. The van der Waals surface area contributed by atoms with E-state index in [4.69, 9.17) is 9.16 Å². The fraction of sp³-hybridized carbons (Fsp3) is 0.647. The molecule has 0 saturated carbocycles. The maximum atomic E-state index is 10.1. The van der Waals surface area contributed by atoms with Gasteiger partial charge in [0.25, 0.3) is 0 Å². The molecule has 3 nitrogen and oxygen atoms in total. The predicted octanol–water partition coefficient (Wildman–Crippen LogP) is 4.27. The van der Waals surface area contributed by atoms with Gasteiger partial charge in [0.1, 0.15) is 5.75 Å². The van der Waals surface area contributed by atoms with Crippen LogP contribution < -0.4 is 4.74 Å². The number of benzene rings is 1. The summed E-state index contributed by atoms with van der Waals surface area (Å²) in [7, 11) is -1.15. The van der Waals surface area contributed by atoms with Crippen LogP contribution in [0.5, 0.6) is 5.75 Å². The molecular formula is C17H30O3Si. The van der Waals surface area contributed by atoms with Crippen LogP contribution in [0.15, 0.2) is 24.3 Å². The summed E-state index contributed by atoms with van der Waals surface area (Å²) >= 11 is 0. The quantitative estimate of drug-likeness (QED) is 0.630. The Hall–Kier alpha value is -0.843. The van der Waals surface area contributed by atoms with Gasteiger partial charge in [-0.25, -0.2) is 0 Å². The molecule has 0 bridgehead atoms. The first-order chi connectivity index (χ1) is 9.55. The summed E-state index contributed by atoms with van der Waals surface area (Å²) in [4.78, 5) is 0. The molecule has 0 aromatic heterocycles. The molecule has 0 radical (unpaired) electrons. The first kappa shape index (κ1) is 18.2. The van der Waals surface area contributed by atoms with Gasteiger partial charge >= 0.3 is 0 Å². The summed E-state index contributed by atoms with van der Waals surface area (Å²) in [5.41, 5.74) is 1.12. The Balaban J connectivity index is 3.05. The lowest BCUT2D eigenvalue weighted by molar-refractivity contribution is -0.123. The first-order valence-corrected chi connectivity index (χ1v) is 10.5. The largest absolute Gasteiger partial charge is 0.463 e. The van der Waals surface area contributed by atoms with Crippen LogP contribution in [0.4, 0.5) is 0 Å². The highest BCUT2D eigenvalue weighted by atomic mass is 28.3. The smallest absolute Gasteiger partial charge is 0.204 e. The lowest BCUT2D eigenvalue weighted by atomic mass is 9.85. The van der Waals surface area contributed by atoms with Crippen molar-refractivity contribution in [2.45, 2.75) is 66.0 Å². The Morgan fingerprint density at radius 3 is 2.29 bits per heavy atom. The fourth-order valence-electron chi connectivity index (χ4n) is 2.12. The Morgan fingerprint density at radius 2 is 1.81 bits per heavy atom. The van der Waals surface area contributed by atoms with Crippen molar-refractivity contribution in [2.75, 3.05) is 0 Å². The minimum atomic E-state index is -1.15. The van der Waals surface area contributed by atoms with Gasteiger partial charge in [0.05, 0.1) is 6.10 Å². The van der Waals surface area contributed by atoms with Crippen molar-refractivity contribution in [2.24, 2.45) is 5.41 Å². The van der Waals surface area contributed by atoms with Crippen LogP contribution in [-0.4, -0.2) is 19.9 Å². The maximum absolute atomic E-state index is 10.1. The van der Waals surface area contributed by atoms with Gasteiger partial charge in [-0.15, -0.1) is 0 Å². The molecule has 1 N–H and O–H groups in total. The summed E-state index contributed by atoms with van der Waals surface area (Å²) in [5, 5.41) is 10.1. The Kier molecular flexibility index (Phi) is 6.02. The molecule has 120 valence electrons. The van der Waals surface area contributed by atoms with Crippen molar-refractivity contribution in [1.82, 2.24) is 0 Å². The Labute approximate surface area is 131 Å². The second kappa shape index (κ2) is 6.94. The number of ether oxygens (including phenoxy) is 1. The lowest BCUT2D eigenvalue weighted by Gasteiger charge is -2.33. The minimum absolute atomic E-state index is 0.0170. The average molecular weight is 311 g/mol. The molecule has 0 saturated heterocycles. The second-order valence-electron chi connectivity index (χ2n) is 7.13. The zero-order chi connectivity index (χ0) is 16.3. The molecule has 2 unspecified atom stereocenters. The van der Waals surface area contributed by atoms with Crippen molar-refractivity contribution in [3.63, 3.8) is 0 Å². The summed E-state index contributed by atoms with van der Waals surface area (Å²) < 4.78 is 11.9. The van der Waals surface area contributed by atoms with E-state index in [9.17, 15) is 5.11 Å². The van der Waals surface area contributed by atoms with Gasteiger partial charge < -0.3 is 14.3 Å². The van der Waals surface area contributed by atoms with Crippen LogP contribution in [0.2, 0.25) is 13.1 Å². The molecule has 0 aliphatic heterocycles. The molecule has 21 heavy (non-hydrogen) atoms. The van der Waals surface area contributed by atoms with E-state index < -0.39 is 14.8 Å². The zero-order valence-corrected chi connectivity index (χ0v) is 15.6. The molecule has 0 spiro atoms. The molecule has 1 rings (SSSR count). The molecule has 1 aromatic rings. The van der Waals surface area contributed by atoms with Crippen molar-refractivity contribution in [3.8, 4) is 5.75 Å². The third-order valence-corrected chi connectivity index (χ3v) is 4.17. The number of rotatable bonds is 6. The van der Waals surface area contributed by atoms with Gasteiger partial charge in [0.2, 0.25) is 5.79 Å². The molecule has 0 heterocycles. The first-order valence-electron chi connectivity index (χ1n) is 7.72. The van der Waals surface area contributed by atoms with Crippen LogP contribution in [0, 0.1) is 5.41 Å². The van der Waals surface area contributed by atoms with Crippen LogP contribution in [-0.2, 0) is 4.43 Å². The molecule has 0 amide bonds. The highest BCUT2D eigenvalue weighted by Crippen LogP contribution is 2.38. The van der Waals surface area contributed by atoms with E-state index in [1.807, 2.05) is 25.1 Å². The molecule has 0 aliphatic rings. The van der Waals surface area contributed by atoms with E-state index >= 15 is 0 Å². The third kappa shape index (κ3) is 5.81. The molecule has 1 aromatic carbocycles. The lowest BCUT2D eigenvalue weighted by Crippen LogP contribution is -2.31. The van der Waals surface area contributed by atoms with Gasteiger partial charge in [0, 0.05) is 13.3 Å². The highest BCUT2D eigenvalue weighted by Gasteiger charge is 2.28. The molecule has 2 atom stereocenters. The highest BCUT2D eigenvalue weighted by molar-refractivity contribution is 6.48. The minimum Gasteiger partial charge on any atom is -0.463 e. The SMILES string of the molecule is CCC(C)(O)Oc1cccc(C(O[SiH](C)C)C(C)(C)C)c1. The maximum Gasteiger partial charge on any atom is 0.204 e. The molecular weight excluding hydrogens is 280 g/mol. The van der Waals surface area contributed by atoms with E-state index in [0.717, 1.165) is 5.56 Å². The normalized spacial score (nSPS) is 16.6. The fourth-order valence-corrected chi connectivity index (χ4v) is 3.23. The Morgan fingerprint density at radius 1 is 1.19 bits per heavy atom. The predicted molar refractivity (Wildman–Crippen MR) is 90.1 cm³/mol. The topological polar surface area (TPSA) is 38.7 Å². The van der Waals surface area contributed by atoms with E-state index in [0.29, 0.717) is 12.2 Å². The summed E-state index contributed by atoms with van der Waals surface area (Å²) in [6, 6.07) is 7.89. The molecule has 0 aliphatic carbocycles. The summed E-state index contributed by atoms with van der Waals surface area (Å²) in [6.07, 6.45) is 0.578. The van der Waals surface area contributed by atoms with Gasteiger partial charge in [0.15, 0.2) is 9.04 Å². The van der Waals surface area contributed by atoms with Crippen molar-refractivity contribution in [3.05, 3.63) is 29.8 Å². The standard InChI is InChI=1S/C17H30O3Si/c1-8-17(5,18)19-14-11-9-10-13(12-14)15(16(2,3)4)20-21(6)7/h9-12,15,18,21H,8H2,1-7H3. The van der Waals surface area contributed by atoms with Crippen LogP contribution >= 0.6 is 0 Å². The van der Waals surface area contributed by atoms with Crippen molar-refractivity contribution in [1.29, 1.82) is 0 Å². The number of hydrogen-bond donors (Lipinski definition) is 1. The number of aliphatic hydroxyl groups is 1. The monoisotopic (exact) mass is 310 g/mol. The van der Waals surface area contributed by atoms with E-state index in [1.54, 1.807) is 6.92 Å². The molecule has 4 heteroatoms. The van der Waals surface area contributed by atoms with Crippen molar-refractivity contribution < 1.29 is 14.3 Å². The zero-order valence-electron chi connectivity index (χ0n) is 14.4. The van der Waals surface area contributed by atoms with Crippen molar-refractivity contribution >= 4 is 9.04 Å². The van der Waals surface area contributed by atoms with Crippen LogP contribution in [0.3, 0.4) is 0 Å². The van der Waals surface area contributed by atoms with Gasteiger partial charge in [-0.1, -0.05) is 39.8 Å². The van der Waals surface area contributed by atoms with Gasteiger partial charge in [-0.2, -0.15) is 0 Å². The summed E-state index contributed by atoms with van der Waals surface area (Å²) in [5.74, 6) is -0.452.